The van der Waals surface area contributed by atoms with E-state index in [1.807, 2.05) is 6.92 Å². The highest BCUT2D eigenvalue weighted by molar-refractivity contribution is 5.92. The number of aromatic carboxylic acids is 1. The van der Waals surface area contributed by atoms with Gasteiger partial charge in [-0.2, -0.15) is 0 Å². The zero-order valence-corrected chi connectivity index (χ0v) is 12.2. The lowest BCUT2D eigenvalue weighted by atomic mass is 9.85. The van der Waals surface area contributed by atoms with Crippen molar-refractivity contribution in [1.29, 1.82) is 0 Å². The van der Waals surface area contributed by atoms with Gasteiger partial charge < -0.3 is 10.4 Å². The molecule has 6 heteroatoms. The lowest BCUT2D eigenvalue weighted by Gasteiger charge is -2.25. The molecule has 0 aromatic carbocycles. The summed E-state index contributed by atoms with van der Waals surface area (Å²) in [6, 6.07) is 0.0848. The van der Waals surface area contributed by atoms with Crippen molar-refractivity contribution < 1.29 is 14.7 Å². The summed E-state index contributed by atoms with van der Waals surface area (Å²) in [6.07, 6.45) is 9.66. The maximum absolute atomic E-state index is 12.0. The minimum Gasteiger partial charge on any atom is -0.476 e. The van der Waals surface area contributed by atoms with E-state index in [0.717, 1.165) is 12.6 Å². The molecule has 6 nitrogen and oxygen atoms in total. The third kappa shape index (κ3) is 4.51. The molecule has 1 aliphatic carbocycles. The van der Waals surface area contributed by atoms with E-state index in [1.165, 1.54) is 38.3 Å². The second-order valence-corrected chi connectivity index (χ2v) is 5.71. The van der Waals surface area contributed by atoms with Crippen molar-refractivity contribution in [2.75, 3.05) is 0 Å². The Morgan fingerprint density at radius 3 is 2.43 bits per heavy atom. The lowest BCUT2D eigenvalue weighted by molar-refractivity contribution is 0.0688. The first-order chi connectivity index (χ1) is 10.1. The number of carbonyl (C=O) groups is 2. The van der Waals surface area contributed by atoms with E-state index in [4.69, 9.17) is 5.11 Å². The number of rotatable bonds is 5. The van der Waals surface area contributed by atoms with Gasteiger partial charge in [-0.25, -0.2) is 14.8 Å². The maximum atomic E-state index is 12.0. The van der Waals surface area contributed by atoms with Gasteiger partial charge in [-0.3, -0.25) is 4.79 Å². The summed E-state index contributed by atoms with van der Waals surface area (Å²) in [5.41, 5.74) is -0.0164. The summed E-state index contributed by atoms with van der Waals surface area (Å²) in [5.74, 6) is -0.766. The molecule has 0 radical (unpaired) electrons. The number of carboxylic acid groups (broad SMARTS) is 1. The average Bonchev–Trinajstić information content (AvgIpc) is 2.48. The fourth-order valence-corrected chi connectivity index (χ4v) is 2.84. The van der Waals surface area contributed by atoms with Crippen LogP contribution in [-0.2, 0) is 0 Å². The SMILES string of the molecule is C[C@H](CC1CCCCC1)NC(=O)c1cnc(C(=O)O)cn1. The molecule has 1 aliphatic rings. The van der Waals surface area contributed by atoms with Crippen molar-refractivity contribution >= 4 is 11.9 Å². The molecular formula is C15H21N3O3. The molecule has 1 aromatic heterocycles. The third-order valence-corrected chi connectivity index (χ3v) is 3.89. The summed E-state index contributed by atoms with van der Waals surface area (Å²) in [5, 5.41) is 11.6. The minimum absolute atomic E-state index is 0.0848. The Hall–Kier alpha value is -1.98. The number of carbonyl (C=O) groups excluding carboxylic acids is 1. The van der Waals surface area contributed by atoms with E-state index in [9.17, 15) is 9.59 Å². The minimum atomic E-state index is -1.15. The smallest absolute Gasteiger partial charge is 0.356 e. The topological polar surface area (TPSA) is 92.2 Å². The van der Waals surface area contributed by atoms with Crippen LogP contribution in [0.25, 0.3) is 0 Å². The molecule has 1 heterocycles. The largest absolute Gasteiger partial charge is 0.476 e. The molecule has 114 valence electrons. The van der Waals surface area contributed by atoms with Crippen molar-refractivity contribution in [2.24, 2.45) is 5.92 Å². The summed E-state index contributed by atoms with van der Waals surface area (Å²) < 4.78 is 0. The Balaban J connectivity index is 1.86. The van der Waals surface area contributed by atoms with Gasteiger partial charge >= 0.3 is 5.97 Å². The van der Waals surface area contributed by atoms with Crippen molar-refractivity contribution in [2.45, 2.75) is 51.5 Å². The van der Waals surface area contributed by atoms with E-state index in [-0.39, 0.29) is 23.3 Å². The van der Waals surface area contributed by atoms with Crippen molar-refractivity contribution in [3.63, 3.8) is 0 Å². The quantitative estimate of drug-likeness (QED) is 0.868. The van der Waals surface area contributed by atoms with Gasteiger partial charge in [0.25, 0.3) is 5.91 Å². The van der Waals surface area contributed by atoms with Crippen LogP contribution in [0.4, 0.5) is 0 Å². The number of hydrogen-bond acceptors (Lipinski definition) is 4. The van der Waals surface area contributed by atoms with Gasteiger partial charge in [-0.15, -0.1) is 0 Å². The fourth-order valence-electron chi connectivity index (χ4n) is 2.84. The predicted octanol–water partition coefficient (Wildman–Crippen LogP) is 2.26. The molecule has 1 aromatic rings. The molecule has 1 fully saturated rings. The fraction of sp³-hybridized carbons (Fsp3) is 0.600. The van der Waals surface area contributed by atoms with Crippen LogP contribution in [0.3, 0.4) is 0 Å². The van der Waals surface area contributed by atoms with Gasteiger partial charge in [0.2, 0.25) is 0 Å². The highest BCUT2D eigenvalue weighted by Gasteiger charge is 2.19. The summed E-state index contributed by atoms with van der Waals surface area (Å²) in [6.45, 7) is 1.99. The Morgan fingerprint density at radius 1 is 1.24 bits per heavy atom. The Morgan fingerprint density at radius 2 is 1.86 bits per heavy atom. The molecule has 0 aliphatic heterocycles. The van der Waals surface area contributed by atoms with Crippen molar-refractivity contribution in [3.05, 3.63) is 23.8 Å². The number of nitrogens with one attached hydrogen (secondary N) is 1. The third-order valence-electron chi connectivity index (χ3n) is 3.89. The number of aromatic nitrogens is 2. The van der Waals surface area contributed by atoms with Gasteiger partial charge in [-0.05, 0) is 19.3 Å². The van der Waals surface area contributed by atoms with Crippen LogP contribution in [0, 0.1) is 5.92 Å². The molecule has 0 saturated heterocycles. The number of amides is 1. The van der Waals surface area contributed by atoms with E-state index in [2.05, 4.69) is 15.3 Å². The Bertz CT molecular complexity index is 495. The zero-order valence-electron chi connectivity index (χ0n) is 12.2. The Kier molecular flexibility index (Phi) is 5.25. The normalized spacial score (nSPS) is 17.2. The van der Waals surface area contributed by atoms with Crippen LogP contribution in [-0.4, -0.2) is 33.0 Å². The molecule has 1 saturated carbocycles. The van der Waals surface area contributed by atoms with Crippen LogP contribution in [0.5, 0.6) is 0 Å². The van der Waals surface area contributed by atoms with Gasteiger partial charge in [0.1, 0.15) is 5.69 Å². The molecule has 2 rings (SSSR count). The zero-order chi connectivity index (χ0) is 15.2. The molecule has 0 bridgehead atoms. The molecule has 1 amide bonds. The number of hydrogen-bond donors (Lipinski definition) is 2. The Labute approximate surface area is 124 Å². The second-order valence-electron chi connectivity index (χ2n) is 5.71. The van der Waals surface area contributed by atoms with Crippen LogP contribution in [0.2, 0.25) is 0 Å². The molecular weight excluding hydrogens is 270 g/mol. The average molecular weight is 291 g/mol. The standard InChI is InChI=1S/C15H21N3O3/c1-10(7-11-5-3-2-4-6-11)18-14(19)12-8-17-13(9-16-12)15(20)21/h8-11H,2-7H2,1H3,(H,18,19)(H,20,21)/t10-/m1/s1. The molecule has 0 spiro atoms. The number of nitrogens with zero attached hydrogens (tertiary/aromatic N) is 2. The van der Waals surface area contributed by atoms with Crippen LogP contribution in [0.15, 0.2) is 12.4 Å². The van der Waals surface area contributed by atoms with E-state index in [0.29, 0.717) is 5.92 Å². The van der Waals surface area contributed by atoms with Gasteiger partial charge in [-0.1, -0.05) is 32.1 Å². The summed E-state index contributed by atoms with van der Waals surface area (Å²) >= 11 is 0. The first-order valence-corrected chi connectivity index (χ1v) is 7.42. The summed E-state index contributed by atoms with van der Waals surface area (Å²) in [7, 11) is 0. The molecule has 0 unspecified atom stereocenters. The second kappa shape index (κ2) is 7.15. The van der Waals surface area contributed by atoms with Gasteiger partial charge in [0.15, 0.2) is 5.69 Å². The molecule has 21 heavy (non-hydrogen) atoms. The van der Waals surface area contributed by atoms with Crippen molar-refractivity contribution in [1.82, 2.24) is 15.3 Å². The lowest BCUT2D eigenvalue weighted by Crippen LogP contribution is -2.35. The van der Waals surface area contributed by atoms with Gasteiger partial charge in [0, 0.05) is 6.04 Å². The van der Waals surface area contributed by atoms with Crippen LogP contribution < -0.4 is 5.32 Å². The maximum Gasteiger partial charge on any atom is 0.356 e. The van der Waals surface area contributed by atoms with E-state index >= 15 is 0 Å². The predicted molar refractivity (Wildman–Crippen MR) is 77.1 cm³/mol. The monoisotopic (exact) mass is 291 g/mol. The highest BCUT2D eigenvalue weighted by atomic mass is 16.4. The van der Waals surface area contributed by atoms with Crippen LogP contribution in [0.1, 0.15) is 66.4 Å². The summed E-state index contributed by atoms with van der Waals surface area (Å²) in [4.78, 5) is 30.2. The van der Waals surface area contributed by atoms with Gasteiger partial charge in [0.05, 0.1) is 12.4 Å². The molecule has 2 N–H and O–H groups in total. The van der Waals surface area contributed by atoms with Crippen LogP contribution >= 0.6 is 0 Å². The molecule has 1 atom stereocenters. The first-order valence-electron chi connectivity index (χ1n) is 7.42. The highest BCUT2D eigenvalue weighted by Crippen LogP contribution is 2.27. The van der Waals surface area contributed by atoms with E-state index in [1.54, 1.807) is 0 Å². The first kappa shape index (κ1) is 15.4. The van der Waals surface area contributed by atoms with Crippen molar-refractivity contribution in [3.8, 4) is 0 Å². The number of carboxylic acids is 1. The van der Waals surface area contributed by atoms with E-state index < -0.39 is 5.97 Å².